The van der Waals surface area contributed by atoms with Gasteiger partial charge < -0.3 is 15.1 Å². The maximum absolute atomic E-state index is 3.63. The Bertz CT molecular complexity index is 256. The molecule has 0 saturated carbocycles. The van der Waals surface area contributed by atoms with E-state index in [1.54, 1.807) is 0 Å². The maximum atomic E-state index is 3.63. The van der Waals surface area contributed by atoms with Gasteiger partial charge in [-0.25, -0.2) is 0 Å². The van der Waals surface area contributed by atoms with Gasteiger partial charge in [0, 0.05) is 18.6 Å². The third kappa shape index (κ3) is 4.44. The molecule has 19 heavy (non-hydrogen) atoms. The van der Waals surface area contributed by atoms with Crippen molar-refractivity contribution in [2.24, 2.45) is 5.92 Å². The molecule has 3 heteroatoms. The summed E-state index contributed by atoms with van der Waals surface area (Å²) in [6, 6.07) is 1.59. The Morgan fingerprint density at radius 1 is 1.16 bits per heavy atom. The lowest BCUT2D eigenvalue weighted by Crippen LogP contribution is -2.49. The summed E-state index contributed by atoms with van der Waals surface area (Å²) in [6.45, 7) is 10.9. The van der Waals surface area contributed by atoms with Crippen LogP contribution in [0.3, 0.4) is 0 Å². The molecule has 0 aromatic heterocycles. The van der Waals surface area contributed by atoms with Gasteiger partial charge in [0.05, 0.1) is 0 Å². The van der Waals surface area contributed by atoms with Gasteiger partial charge in [-0.3, -0.25) is 0 Å². The molecule has 0 aliphatic carbocycles. The van der Waals surface area contributed by atoms with E-state index in [1.807, 2.05) is 0 Å². The van der Waals surface area contributed by atoms with Crippen molar-refractivity contribution >= 4 is 0 Å². The number of nitrogens with zero attached hydrogens (tertiary/aromatic N) is 2. The van der Waals surface area contributed by atoms with E-state index in [1.165, 1.54) is 58.3 Å². The van der Waals surface area contributed by atoms with Gasteiger partial charge in [-0.2, -0.15) is 0 Å². The van der Waals surface area contributed by atoms with Crippen LogP contribution in [0.2, 0.25) is 0 Å². The summed E-state index contributed by atoms with van der Waals surface area (Å²) in [5, 5.41) is 3.63. The minimum atomic E-state index is 0.749. The minimum Gasteiger partial charge on any atom is -0.314 e. The molecule has 2 aliphatic heterocycles. The molecule has 2 rings (SSSR count). The van der Waals surface area contributed by atoms with Gasteiger partial charge in [0.15, 0.2) is 0 Å². The van der Waals surface area contributed by atoms with Gasteiger partial charge in [-0.1, -0.05) is 20.3 Å². The van der Waals surface area contributed by atoms with E-state index >= 15 is 0 Å². The Balaban J connectivity index is 1.69. The zero-order chi connectivity index (χ0) is 13.7. The number of hydrogen-bond donors (Lipinski definition) is 1. The molecule has 0 spiro atoms. The van der Waals surface area contributed by atoms with E-state index in [0.29, 0.717) is 0 Å². The molecule has 112 valence electrons. The monoisotopic (exact) mass is 267 g/mol. The number of piperidine rings is 2. The van der Waals surface area contributed by atoms with Crippen LogP contribution in [0.4, 0.5) is 0 Å². The summed E-state index contributed by atoms with van der Waals surface area (Å²) in [5.41, 5.74) is 0. The van der Waals surface area contributed by atoms with Crippen LogP contribution in [0, 0.1) is 5.92 Å². The quantitative estimate of drug-likeness (QED) is 0.824. The van der Waals surface area contributed by atoms with Crippen molar-refractivity contribution in [1.82, 2.24) is 15.1 Å². The van der Waals surface area contributed by atoms with E-state index in [9.17, 15) is 0 Å². The van der Waals surface area contributed by atoms with Gasteiger partial charge >= 0.3 is 0 Å². The summed E-state index contributed by atoms with van der Waals surface area (Å²) in [4.78, 5) is 5.28. The standard InChI is InChI=1S/C16H33N3/c1-4-17-16-9-12-19(13-14(16)2)11-8-15-7-5-6-10-18(15)3/h14-17H,4-13H2,1-3H3. The summed E-state index contributed by atoms with van der Waals surface area (Å²) in [6.07, 6.45) is 6.95. The molecule has 0 amide bonds. The van der Waals surface area contributed by atoms with Crippen molar-refractivity contribution in [1.29, 1.82) is 0 Å². The summed E-state index contributed by atoms with van der Waals surface area (Å²) in [5.74, 6) is 0.804. The zero-order valence-corrected chi connectivity index (χ0v) is 13.2. The first-order valence-corrected chi connectivity index (χ1v) is 8.36. The van der Waals surface area contributed by atoms with E-state index in [-0.39, 0.29) is 0 Å². The first kappa shape index (κ1) is 15.3. The largest absolute Gasteiger partial charge is 0.314 e. The molecule has 0 radical (unpaired) electrons. The van der Waals surface area contributed by atoms with Gasteiger partial charge in [-0.05, 0) is 64.8 Å². The fourth-order valence-corrected chi connectivity index (χ4v) is 3.84. The fraction of sp³-hybridized carbons (Fsp3) is 1.00. The molecular formula is C16H33N3. The molecule has 0 aromatic rings. The maximum Gasteiger partial charge on any atom is 0.0117 e. The van der Waals surface area contributed by atoms with Crippen molar-refractivity contribution in [3.63, 3.8) is 0 Å². The van der Waals surface area contributed by atoms with E-state index in [2.05, 4.69) is 36.0 Å². The van der Waals surface area contributed by atoms with Gasteiger partial charge in [-0.15, -0.1) is 0 Å². The number of hydrogen-bond acceptors (Lipinski definition) is 3. The Morgan fingerprint density at radius 2 is 2.00 bits per heavy atom. The second kappa shape index (κ2) is 7.61. The van der Waals surface area contributed by atoms with Gasteiger partial charge in [0.1, 0.15) is 0 Å². The van der Waals surface area contributed by atoms with Crippen molar-refractivity contribution in [2.75, 3.05) is 39.8 Å². The van der Waals surface area contributed by atoms with Crippen LogP contribution in [-0.4, -0.2) is 61.7 Å². The molecule has 3 atom stereocenters. The highest BCUT2D eigenvalue weighted by atomic mass is 15.2. The van der Waals surface area contributed by atoms with Crippen LogP contribution in [0.1, 0.15) is 46.0 Å². The Kier molecular flexibility index (Phi) is 6.11. The van der Waals surface area contributed by atoms with Crippen LogP contribution in [0.25, 0.3) is 0 Å². The van der Waals surface area contributed by atoms with E-state index in [4.69, 9.17) is 0 Å². The lowest BCUT2D eigenvalue weighted by Gasteiger charge is -2.39. The average Bonchev–Trinajstić information content (AvgIpc) is 2.41. The van der Waals surface area contributed by atoms with Crippen LogP contribution in [-0.2, 0) is 0 Å². The SMILES string of the molecule is CCNC1CCN(CCC2CCCCN2C)CC1C. The van der Waals surface area contributed by atoms with Crippen LogP contribution < -0.4 is 5.32 Å². The molecule has 2 saturated heterocycles. The van der Waals surface area contributed by atoms with Gasteiger partial charge in [0.2, 0.25) is 0 Å². The molecule has 3 unspecified atom stereocenters. The molecule has 1 N–H and O–H groups in total. The molecule has 3 nitrogen and oxygen atoms in total. The highest BCUT2D eigenvalue weighted by Crippen LogP contribution is 2.21. The summed E-state index contributed by atoms with van der Waals surface area (Å²) >= 11 is 0. The third-order valence-corrected chi connectivity index (χ3v) is 5.16. The molecule has 2 fully saturated rings. The highest BCUT2D eigenvalue weighted by molar-refractivity contribution is 4.83. The Morgan fingerprint density at radius 3 is 2.68 bits per heavy atom. The Hall–Kier alpha value is -0.120. The highest BCUT2D eigenvalue weighted by Gasteiger charge is 2.26. The van der Waals surface area contributed by atoms with Crippen LogP contribution in [0.15, 0.2) is 0 Å². The first-order valence-electron chi connectivity index (χ1n) is 8.36. The van der Waals surface area contributed by atoms with E-state index < -0.39 is 0 Å². The van der Waals surface area contributed by atoms with Crippen molar-refractivity contribution in [3.8, 4) is 0 Å². The lowest BCUT2D eigenvalue weighted by atomic mass is 9.93. The smallest absolute Gasteiger partial charge is 0.0117 e. The van der Waals surface area contributed by atoms with Crippen LogP contribution in [0.5, 0.6) is 0 Å². The predicted octanol–water partition coefficient (Wildman–Crippen LogP) is 2.18. The van der Waals surface area contributed by atoms with Gasteiger partial charge in [0.25, 0.3) is 0 Å². The molecule has 0 aromatic carbocycles. The molecule has 2 aliphatic rings. The van der Waals surface area contributed by atoms with Crippen molar-refractivity contribution < 1.29 is 0 Å². The number of nitrogens with one attached hydrogen (secondary N) is 1. The fourth-order valence-electron chi connectivity index (χ4n) is 3.84. The predicted molar refractivity (Wildman–Crippen MR) is 82.6 cm³/mol. The van der Waals surface area contributed by atoms with Crippen molar-refractivity contribution in [3.05, 3.63) is 0 Å². The second-order valence-corrected chi connectivity index (χ2v) is 6.65. The number of likely N-dealkylation sites (tertiary alicyclic amines) is 2. The lowest BCUT2D eigenvalue weighted by molar-refractivity contribution is 0.117. The molecule has 0 bridgehead atoms. The third-order valence-electron chi connectivity index (χ3n) is 5.16. The van der Waals surface area contributed by atoms with Crippen molar-refractivity contribution in [2.45, 2.75) is 58.0 Å². The zero-order valence-electron chi connectivity index (χ0n) is 13.2. The molecule has 2 heterocycles. The van der Waals surface area contributed by atoms with Crippen LogP contribution >= 0.6 is 0 Å². The second-order valence-electron chi connectivity index (χ2n) is 6.65. The molecular weight excluding hydrogens is 234 g/mol. The summed E-state index contributed by atoms with van der Waals surface area (Å²) < 4.78 is 0. The topological polar surface area (TPSA) is 18.5 Å². The summed E-state index contributed by atoms with van der Waals surface area (Å²) in [7, 11) is 2.31. The Labute approximate surface area is 119 Å². The van der Waals surface area contributed by atoms with E-state index in [0.717, 1.165) is 24.5 Å². The first-order chi connectivity index (χ1) is 9.20. The average molecular weight is 267 g/mol. The number of rotatable bonds is 5. The normalized spacial score (nSPS) is 34.6. The minimum absolute atomic E-state index is 0.749.